The summed E-state index contributed by atoms with van der Waals surface area (Å²) in [6, 6.07) is 57.3. The molecule has 6 heteroatoms. The van der Waals surface area contributed by atoms with Gasteiger partial charge in [-0.2, -0.15) is 0 Å². The molecule has 298 valence electrons. The quantitative estimate of drug-likeness (QED) is 0.132. The third-order valence-electron chi connectivity index (χ3n) is 12.0. The Balaban J connectivity index is 0.000000184. The molecule has 0 bridgehead atoms. The smallest absolute Gasteiger partial charge is 0.223 e. The summed E-state index contributed by atoms with van der Waals surface area (Å²) in [4.78, 5) is 35.2. The number of fused-ring (bicyclic) bond motifs is 1. The van der Waals surface area contributed by atoms with Gasteiger partial charge in [0.25, 0.3) is 0 Å². The number of hydrogen-bond acceptors (Lipinski definition) is 4. The van der Waals surface area contributed by atoms with Crippen LogP contribution in [0.1, 0.15) is 66.3 Å². The second-order valence-corrected chi connectivity index (χ2v) is 16.0. The average Bonchev–Trinajstić information content (AvgIpc) is 3.29. The number of nitrogens with zero attached hydrogens (tertiary/aromatic N) is 4. The van der Waals surface area contributed by atoms with Crippen LogP contribution in [0, 0.1) is 0 Å². The lowest BCUT2D eigenvalue weighted by Gasteiger charge is -2.37. The van der Waals surface area contributed by atoms with Crippen LogP contribution in [0.4, 0.5) is 0 Å². The minimum atomic E-state index is 0.0913. The Bertz CT molecular complexity index is 2080. The molecule has 0 atom stereocenters. The summed E-state index contributed by atoms with van der Waals surface area (Å²) < 4.78 is 0. The molecule has 58 heavy (non-hydrogen) atoms. The summed E-state index contributed by atoms with van der Waals surface area (Å²) in [5.41, 5.74) is 6.19. The molecule has 8 rings (SSSR count). The van der Waals surface area contributed by atoms with Gasteiger partial charge in [-0.3, -0.25) is 19.4 Å². The number of piperazine rings is 2. The van der Waals surface area contributed by atoms with Crippen molar-refractivity contribution >= 4 is 22.6 Å². The maximum atomic E-state index is 13.3. The number of benzene rings is 6. The first-order valence-corrected chi connectivity index (χ1v) is 21.1. The molecule has 2 aliphatic heterocycles. The molecule has 6 aromatic rings. The molecule has 0 spiro atoms. The van der Waals surface area contributed by atoms with Crippen molar-refractivity contribution in [3.8, 4) is 0 Å². The van der Waals surface area contributed by atoms with Crippen LogP contribution in [-0.2, 0) is 16.1 Å². The molecule has 6 aromatic carbocycles. The minimum absolute atomic E-state index is 0.0913. The van der Waals surface area contributed by atoms with Crippen LogP contribution in [0.2, 0.25) is 0 Å². The fraction of sp³-hybridized carbons (Fsp3) is 0.308. The first kappa shape index (κ1) is 40.6. The van der Waals surface area contributed by atoms with Crippen LogP contribution < -0.4 is 0 Å². The van der Waals surface area contributed by atoms with Gasteiger partial charge in [-0.1, -0.05) is 164 Å². The highest BCUT2D eigenvalue weighted by molar-refractivity contribution is 5.85. The van der Waals surface area contributed by atoms with E-state index in [1.54, 1.807) is 0 Å². The van der Waals surface area contributed by atoms with Crippen molar-refractivity contribution in [3.63, 3.8) is 0 Å². The van der Waals surface area contributed by atoms with E-state index in [-0.39, 0.29) is 23.7 Å². The lowest BCUT2D eigenvalue weighted by Crippen LogP contribution is -2.50. The molecule has 0 unspecified atom stereocenters. The van der Waals surface area contributed by atoms with E-state index in [9.17, 15) is 9.59 Å². The van der Waals surface area contributed by atoms with Crippen LogP contribution in [0.15, 0.2) is 164 Å². The Labute approximate surface area is 345 Å². The van der Waals surface area contributed by atoms with E-state index in [4.69, 9.17) is 0 Å². The summed E-state index contributed by atoms with van der Waals surface area (Å²) >= 11 is 0. The van der Waals surface area contributed by atoms with Crippen molar-refractivity contribution in [1.29, 1.82) is 0 Å². The molecule has 0 aromatic heterocycles. The Morgan fingerprint density at radius 1 is 0.448 bits per heavy atom. The molecule has 2 fully saturated rings. The van der Waals surface area contributed by atoms with Crippen molar-refractivity contribution in [3.05, 3.63) is 192 Å². The zero-order chi connectivity index (χ0) is 40.1. The minimum Gasteiger partial charge on any atom is -0.340 e. The number of hydrogen-bond donors (Lipinski definition) is 0. The number of amides is 2. The standard InChI is InChI=1S/C30H30N2O.C22H28N2O/c33-30(22-29(25-10-3-1-4-11-25)26-12-5-2-6-13-26)32-20-18-31(19-21-32)23-27-16-9-15-24-14-7-8-17-28(24)27;1-18(2)23-13-15-24(16-14-23)22(25)17-21(19-9-5-3-6-10-19)20-11-7-4-8-12-20/h1-17,29H,18-23H2;3-12,18,21H,13-17H2,1-2H3. The number of rotatable bonds is 11. The van der Waals surface area contributed by atoms with Crippen molar-refractivity contribution in [2.24, 2.45) is 0 Å². The second kappa shape index (κ2) is 20.2. The normalized spacial score (nSPS) is 15.1. The van der Waals surface area contributed by atoms with Gasteiger partial charge in [0.05, 0.1) is 0 Å². The van der Waals surface area contributed by atoms with E-state index in [1.165, 1.54) is 38.6 Å². The van der Waals surface area contributed by atoms with E-state index in [0.717, 1.165) is 58.9 Å². The van der Waals surface area contributed by atoms with Crippen LogP contribution in [0.5, 0.6) is 0 Å². The van der Waals surface area contributed by atoms with E-state index in [0.29, 0.717) is 18.9 Å². The maximum Gasteiger partial charge on any atom is 0.223 e. The summed E-state index contributed by atoms with van der Waals surface area (Å²) in [7, 11) is 0. The van der Waals surface area contributed by atoms with E-state index in [1.807, 2.05) is 29.2 Å². The lowest BCUT2D eigenvalue weighted by atomic mass is 9.88. The highest BCUT2D eigenvalue weighted by Crippen LogP contribution is 2.30. The zero-order valence-corrected chi connectivity index (χ0v) is 34.2. The molecule has 0 N–H and O–H groups in total. The van der Waals surface area contributed by atoms with Gasteiger partial charge in [0.1, 0.15) is 0 Å². The highest BCUT2D eigenvalue weighted by Gasteiger charge is 2.27. The van der Waals surface area contributed by atoms with Gasteiger partial charge in [0, 0.05) is 89.6 Å². The van der Waals surface area contributed by atoms with Crippen LogP contribution in [-0.4, -0.2) is 89.8 Å². The fourth-order valence-corrected chi connectivity index (χ4v) is 8.52. The largest absolute Gasteiger partial charge is 0.340 e. The summed E-state index contributed by atoms with van der Waals surface area (Å²) in [5, 5.41) is 2.61. The average molecular weight is 771 g/mol. The van der Waals surface area contributed by atoms with Gasteiger partial charge in [-0.05, 0) is 52.4 Å². The zero-order valence-electron chi connectivity index (χ0n) is 34.2. The first-order chi connectivity index (χ1) is 28.4. The molecule has 0 saturated carbocycles. The van der Waals surface area contributed by atoms with Gasteiger partial charge in [0.15, 0.2) is 0 Å². The predicted octanol–water partition coefficient (Wildman–Crippen LogP) is 9.47. The van der Waals surface area contributed by atoms with Gasteiger partial charge in [-0.25, -0.2) is 0 Å². The highest BCUT2D eigenvalue weighted by atomic mass is 16.2. The summed E-state index contributed by atoms with van der Waals surface area (Å²) in [6.07, 6.45) is 1.05. The SMILES string of the molecule is CC(C)N1CCN(C(=O)CC(c2ccccc2)c2ccccc2)CC1.O=C(CC(c1ccccc1)c1ccccc1)N1CCN(Cc2cccc3ccccc23)CC1. The van der Waals surface area contributed by atoms with E-state index >= 15 is 0 Å². The lowest BCUT2D eigenvalue weighted by molar-refractivity contribution is -0.134. The molecule has 2 aliphatic rings. The summed E-state index contributed by atoms with van der Waals surface area (Å²) in [6.45, 7) is 12.4. The second-order valence-electron chi connectivity index (χ2n) is 16.0. The fourth-order valence-electron chi connectivity index (χ4n) is 8.52. The first-order valence-electron chi connectivity index (χ1n) is 21.1. The van der Waals surface area contributed by atoms with Crippen LogP contribution >= 0.6 is 0 Å². The Kier molecular flexibility index (Phi) is 14.2. The van der Waals surface area contributed by atoms with Crippen molar-refractivity contribution in [1.82, 2.24) is 19.6 Å². The molecule has 2 amide bonds. The molecule has 6 nitrogen and oxygen atoms in total. The van der Waals surface area contributed by atoms with E-state index < -0.39 is 0 Å². The van der Waals surface area contributed by atoms with Crippen LogP contribution in [0.3, 0.4) is 0 Å². The van der Waals surface area contributed by atoms with Gasteiger partial charge in [0.2, 0.25) is 11.8 Å². The molecule has 2 heterocycles. The van der Waals surface area contributed by atoms with Crippen molar-refractivity contribution in [2.45, 2.75) is 51.1 Å². The Morgan fingerprint density at radius 3 is 1.26 bits per heavy atom. The van der Waals surface area contributed by atoms with Crippen LogP contribution in [0.25, 0.3) is 10.8 Å². The molecule has 0 aliphatic carbocycles. The number of carbonyl (C=O) groups is 2. The summed E-state index contributed by atoms with van der Waals surface area (Å²) in [5.74, 6) is 0.727. The Morgan fingerprint density at radius 2 is 0.828 bits per heavy atom. The van der Waals surface area contributed by atoms with Gasteiger partial charge < -0.3 is 9.80 Å². The van der Waals surface area contributed by atoms with Gasteiger partial charge in [-0.15, -0.1) is 0 Å². The monoisotopic (exact) mass is 770 g/mol. The van der Waals surface area contributed by atoms with Crippen molar-refractivity contribution in [2.75, 3.05) is 52.4 Å². The predicted molar refractivity (Wildman–Crippen MR) is 238 cm³/mol. The number of carbonyl (C=O) groups excluding carboxylic acids is 2. The molecular weight excluding hydrogens is 713 g/mol. The van der Waals surface area contributed by atoms with E-state index in [2.05, 4.69) is 168 Å². The Hall–Kier alpha value is -5.56. The third kappa shape index (κ3) is 10.7. The topological polar surface area (TPSA) is 47.1 Å². The molecule has 2 saturated heterocycles. The molecule has 0 radical (unpaired) electrons. The third-order valence-corrected chi connectivity index (χ3v) is 12.0. The van der Waals surface area contributed by atoms with Gasteiger partial charge >= 0.3 is 0 Å². The molecular formula is C52H58N4O2. The maximum absolute atomic E-state index is 13.3. The van der Waals surface area contributed by atoms with Crippen molar-refractivity contribution < 1.29 is 9.59 Å².